The molecule has 1 aliphatic rings. The molecule has 1 aromatic heterocycles. The zero-order valence-electron chi connectivity index (χ0n) is 12.5. The first-order chi connectivity index (χ1) is 11.2. The molecule has 1 aromatic carbocycles. The molecule has 0 unspecified atom stereocenters. The summed E-state index contributed by atoms with van der Waals surface area (Å²) >= 11 is 0. The smallest absolute Gasteiger partial charge is 0.254 e. The Kier molecular flexibility index (Phi) is 4.77. The minimum absolute atomic E-state index is 0.122. The number of carbonyl (C=O) groups is 1. The Morgan fingerprint density at radius 3 is 2.61 bits per heavy atom. The third kappa shape index (κ3) is 3.81. The van der Waals surface area contributed by atoms with Crippen LogP contribution in [0.5, 0.6) is 0 Å². The SMILES string of the molecule is O=C(NCc1ccccc1F)c1cnc(N2CCOCC2)nc1. The summed E-state index contributed by atoms with van der Waals surface area (Å²) in [6, 6.07) is 6.33. The Morgan fingerprint density at radius 1 is 1.22 bits per heavy atom. The number of rotatable bonds is 4. The minimum atomic E-state index is -0.341. The maximum Gasteiger partial charge on any atom is 0.254 e. The predicted molar refractivity (Wildman–Crippen MR) is 82.6 cm³/mol. The number of hydrogen-bond acceptors (Lipinski definition) is 5. The lowest BCUT2D eigenvalue weighted by Crippen LogP contribution is -2.37. The molecule has 1 aliphatic heterocycles. The van der Waals surface area contributed by atoms with Gasteiger partial charge in [-0.2, -0.15) is 0 Å². The highest BCUT2D eigenvalue weighted by atomic mass is 19.1. The lowest BCUT2D eigenvalue weighted by molar-refractivity contribution is 0.0949. The first-order valence-electron chi connectivity index (χ1n) is 7.40. The maximum absolute atomic E-state index is 13.5. The van der Waals surface area contributed by atoms with E-state index in [1.54, 1.807) is 18.2 Å². The molecule has 0 atom stereocenters. The zero-order chi connectivity index (χ0) is 16.1. The van der Waals surface area contributed by atoms with E-state index in [9.17, 15) is 9.18 Å². The largest absolute Gasteiger partial charge is 0.378 e. The van der Waals surface area contributed by atoms with Crippen LogP contribution < -0.4 is 10.2 Å². The summed E-state index contributed by atoms with van der Waals surface area (Å²) in [6.45, 7) is 2.89. The van der Waals surface area contributed by atoms with E-state index in [1.807, 2.05) is 4.90 Å². The van der Waals surface area contributed by atoms with Crippen molar-refractivity contribution in [1.29, 1.82) is 0 Å². The van der Waals surface area contributed by atoms with Gasteiger partial charge in [0.2, 0.25) is 5.95 Å². The van der Waals surface area contributed by atoms with Crippen LogP contribution in [0.25, 0.3) is 0 Å². The number of morpholine rings is 1. The third-order valence-corrected chi connectivity index (χ3v) is 3.59. The molecule has 0 saturated carbocycles. The van der Waals surface area contributed by atoms with Crippen molar-refractivity contribution < 1.29 is 13.9 Å². The second-order valence-corrected chi connectivity index (χ2v) is 5.15. The molecule has 23 heavy (non-hydrogen) atoms. The van der Waals surface area contributed by atoms with Gasteiger partial charge in [0.25, 0.3) is 5.91 Å². The third-order valence-electron chi connectivity index (χ3n) is 3.59. The van der Waals surface area contributed by atoms with Crippen LogP contribution in [-0.2, 0) is 11.3 Å². The number of nitrogens with one attached hydrogen (secondary N) is 1. The highest BCUT2D eigenvalue weighted by Gasteiger charge is 2.14. The van der Waals surface area contributed by atoms with Crippen LogP contribution in [-0.4, -0.2) is 42.2 Å². The second-order valence-electron chi connectivity index (χ2n) is 5.15. The van der Waals surface area contributed by atoms with Crippen LogP contribution in [0.2, 0.25) is 0 Å². The van der Waals surface area contributed by atoms with Crippen molar-refractivity contribution in [2.45, 2.75) is 6.54 Å². The Balaban J connectivity index is 1.60. The van der Waals surface area contributed by atoms with E-state index in [4.69, 9.17) is 4.74 Å². The topological polar surface area (TPSA) is 67.4 Å². The molecule has 1 amide bonds. The van der Waals surface area contributed by atoms with Gasteiger partial charge < -0.3 is 15.0 Å². The first kappa shape index (κ1) is 15.4. The lowest BCUT2D eigenvalue weighted by atomic mass is 10.2. The van der Waals surface area contributed by atoms with Crippen molar-refractivity contribution >= 4 is 11.9 Å². The number of aromatic nitrogens is 2. The highest BCUT2D eigenvalue weighted by molar-refractivity contribution is 5.93. The average molecular weight is 316 g/mol. The summed E-state index contributed by atoms with van der Waals surface area (Å²) in [5, 5.41) is 2.66. The summed E-state index contributed by atoms with van der Waals surface area (Å²) in [7, 11) is 0. The normalized spacial score (nSPS) is 14.6. The molecule has 3 rings (SSSR count). The van der Waals surface area contributed by atoms with Crippen molar-refractivity contribution in [3.63, 3.8) is 0 Å². The maximum atomic E-state index is 13.5. The summed E-state index contributed by atoms with van der Waals surface area (Å²) in [5.41, 5.74) is 0.782. The molecule has 6 nitrogen and oxygen atoms in total. The fraction of sp³-hybridized carbons (Fsp3) is 0.312. The van der Waals surface area contributed by atoms with E-state index < -0.39 is 0 Å². The predicted octanol–water partition coefficient (Wildman–Crippen LogP) is 1.38. The molecule has 0 bridgehead atoms. The zero-order valence-corrected chi connectivity index (χ0v) is 12.5. The summed E-state index contributed by atoms with van der Waals surface area (Å²) in [6.07, 6.45) is 2.96. The number of ether oxygens (including phenoxy) is 1. The van der Waals surface area contributed by atoms with Gasteiger partial charge in [0.1, 0.15) is 5.82 Å². The number of halogens is 1. The van der Waals surface area contributed by atoms with Crippen molar-refractivity contribution in [2.75, 3.05) is 31.2 Å². The summed E-state index contributed by atoms with van der Waals surface area (Å²) < 4.78 is 18.8. The van der Waals surface area contributed by atoms with Gasteiger partial charge in [-0.3, -0.25) is 4.79 Å². The molecule has 120 valence electrons. The fourth-order valence-corrected chi connectivity index (χ4v) is 2.28. The summed E-state index contributed by atoms with van der Waals surface area (Å²) in [4.78, 5) is 22.5. The number of amides is 1. The van der Waals surface area contributed by atoms with E-state index in [2.05, 4.69) is 15.3 Å². The average Bonchev–Trinajstić information content (AvgIpc) is 2.62. The van der Waals surface area contributed by atoms with E-state index in [0.29, 0.717) is 30.3 Å². The first-order valence-corrected chi connectivity index (χ1v) is 7.40. The molecule has 7 heteroatoms. The van der Waals surface area contributed by atoms with Crippen molar-refractivity contribution in [3.05, 3.63) is 53.6 Å². The number of nitrogens with zero attached hydrogens (tertiary/aromatic N) is 3. The summed E-state index contributed by atoms with van der Waals surface area (Å²) in [5.74, 6) is -0.0903. The molecule has 1 fully saturated rings. The quantitative estimate of drug-likeness (QED) is 0.923. The van der Waals surface area contributed by atoms with E-state index in [-0.39, 0.29) is 18.3 Å². The van der Waals surface area contributed by atoms with E-state index in [1.165, 1.54) is 18.5 Å². The van der Waals surface area contributed by atoms with Crippen LogP contribution in [0.3, 0.4) is 0 Å². The Morgan fingerprint density at radius 2 is 1.91 bits per heavy atom. The molecule has 1 N–H and O–H groups in total. The van der Waals surface area contributed by atoms with Gasteiger partial charge in [-0.1, -0.05) is 18.2 Å². The van der Waals surface area contributed by atoms with Gasteiger partial charge in [0.15, 0.2) is 0 Å². The molecule has 0 radical (unpaired) electrons. The van der Waals surface area contributed by atoms with Gasteiger partial charge >= 0.3 is 0 Å². The van der Waals surface area contributed by atoms with Crippen molar-refractivity contribution in [2.24, 2.45) is 0 Å². The highest BCUT2D eigenvalue weighted by Crippen LogP contribution is 2.10. The lowest BCUT2D eigenvalue weighted by Gasteiger charge is -2.26. The number of hydrogen-bond donors (Lipinski definition) is 1. The molecule has 0 spiro atoms. The Labute approximate surface area is 133 Å². The van der Waals surface area contributed by atoms with Crippen LogP contribution in [0.4, 0.5) is 10.3 Å². The van der Waals surface area contributed by atoms with Gasteiger partial charge in [-0.25, -0.2) is 14.4 Å². The molecule has 1 saturated heterocycles. The molecular formula is C16H17FN4O2. The molecule has 0 aliphatic carbocycles. The van der Waals surface area contributed by atoms with Crippen molar-refractivity contribution in [1.82, 2.24) is 15.3 Å². The van der Waals surface area contributed by atoms with Crippen LogP contribution >= 0.6 is 0 Å². The van der Waals surface area contributed by atoms with Crippen LogP contribution in [0, 0.1) is 5.82 Å². The van der Waals surface area contributed by atoms with Crippen LogP contribution in [0.1, 0.15) is 15.9 Å². The van der Waals surface area contributed by atoms with Gasteiger partial charge in [0.05, 0.1) is 18.8 Å². The van der Waals surface area contributed by atoms with E-state index in [0.717, 1.165) is 13.1 Å². The number of carbonyl (C=O) groups excluding carboxylic acids is 1. The van der Waals surface area contributed by atoms with Crippen molar-refractivity contribution in [3.8, 4) is 0 Å². The standard InChI is InChI=1S/C16H17FN4O2/c17-14-4-2-1-3-12(14)9-18-15(22)13-10-19-16(20-11-13)21-5-7-23-8-6-21/h1-4,10-11H,5-9H2,(H,18,22). The number of anilines is 1. The Bertz CT molecular complexity index is 672. The van der Waals surface area contributed by atoms with E-state index >= 15 is 0 Å². The van der Waals surface area contributed by atoms with Gasteiger partial charge in [0, 0.05) is 37.6 Å². The Hall–Kier alpha value is -2.54. The molecule has 2 heterocycles. The van der Waals surface area contributed by atoms with Gasteiger partial charge in [-0.15, -0.1) is 0 Å². The minimum Gasteiger partial charge on any atom is -0.378 e. The fourth-order valence-electron chi connectivity index (χ4n) is 2.28. The van der Waals surface area contributed by atoms with Gasteiger partial charge in [-0.05, 0) is 6.07 Å². The monoisotopic (exact) mass is 316 g/mol. The second kappa shape index (κ2) is 7.15. The van der Waals surface area contributed by atoms with Crippen LogP contribution in [0.15, 0.2) is 36.7 Å². The molecule has 2 aromatic rings. The molecular weight excluding hydrogens is 299 g/mol. The number of benzene rings is 1.